The second-order valence-electron chi connectivity index (χ2n) is 6.69. The maximum absolute atomic E-state index is 12.4. The van der Waals surface area contributed by atoms with Crippen LogP contribution in [0.1, 0.15) is 27.9 Å². The number of hydrogen-bond donors (Lipinski definition) is 1. The van der Waals surface area contributed by atoms with Gasteiger partial charge in [-0.3, -0.25) is 19.7 Å². The zero-order chi connectivity index (χ0) is 22.3. The number of ether oxygens (including phenoxy) is 2. The fraction of sp³-hybridized carbons (Fsp3) is 0.333. The van der Waals surface area contributed by atoms with Crippen LogP contribution in [0.2, 0.25) is 0 Å². The van der Waals surface area contributed by atoms with Gasteiger partial charge in [0.1, 0.15) is 0 Å². The third-order valence-electron chi connectivity index (χ3n) is 4.64. The Labute approximate surface area is 174 Å². The number of aryl methyl sites for hydroxylation is 1. The molecule has 30 heavy (non-hydrogen) atoms. The first-order chi connectivity index (χ1) is 14.3. The molecule has 0 radical (unpaired) electrons. The molecule has 9 heteroatoms. The molecule has 0 fully saturated rings. The quantitative estimate of drug-likeness (QED) is 0.498. The van der Waals surface area contributed by atoms with Gasteiger partial charge in [-0.1, -0.05) is 0 Å². The average molecular weight is 415 g/mol. The van der Waals surface area contributed by atoms with Crippen LogP contribution in [0.25, 0.3) is 0 Å². The van der Waals surface area contributed by atoms with Crippen LogP contribution in [-0.4, -0.2) is 49.4 Å². The van der Waals surface area contributed by atoms with Gasteiger partial charge in [-0.15, -0.1) is 0 Å². The predicted octanol–water partition coefficient (Wildman–Crippen LogP) is 2.70. The van der Waals surface area contributed by atoms with E-state index in [2.05, 4.69) is 5.32 Å². The van der Waals surface area contributed by atoms with Crippen molar-refractivity contribution in [3.8, 4) is 11.5 Å². The molecule has 2 rings (SSSR count). The molecule has 0 saturated heterocycles. The molecule has 0 spiro atoms. The molecule has 0 heterocycles. The van der Waals surface area contributed by atoms with Crippen molar-refractivity contribution in [2.75, 3.05) is 27.8 Å². The summed E-state index contributed by atoms with van der Waals surface area (Å²) in [7, 11) is 4.81. The van der Waals surface area contributed by atoms with E-state index in [1.165, 1.54) is 24.3 Å². The summed E-state index contributed by atoms with van der Waals surface area (Å²) in [6, 6.07) is 8.98. The Balaban J connectivity index is 1.89. The van der Waals surface area contributed by atoms with Crippen molar-refractivity contribution in [3.63, 3.8) is 0 Å². The Morgan fingerprint density at radius 2 is 1.70 bits per heavy atom. The van der Waals surface area contributed by atoms with E-state index in [0.29, 0.717) is 23.6 Å². The zero-order valence-corrected chi connectivity index (χ0v) is 17.4. The number of carbonyl (C=O) groups excluding carboxylic acids is 2. The van der Waals surface area contributed by atoms with Gasteiger partial charge < -0.3 is 19.7 Å². The highest BCUT2D eigenvalue weighted by molar-refractivity contribution is 5.94. The Morgan fingerprint density at radius 3 is 2.27 bits per heavy atom. The first-order valence-corrected chi connectivity index (χ1v) is 9.25. The van der Waals surface area contributed by atoms with Crippen LogP contribution in [0, 0.1) is 17.0 Å². The molecule has 0 aliphatic carbocycles. The third-order valence-corrected chi connectivity index (χ3v) is 4.64. The fourth-order valence-electron chi connectivity index (χ4n) is 2.85. The molecule has 1 N–H and O–H groups in total. The highest BCUT2D eigenvalue weighted by atomic mass is 16.6. The average Bonchev–Trinajstić information content (AvgIpc) is 2.74. The second-order valence-corrected chi connectivity index (χ2v) is 6.69. The molecule has 0 bridgehead atoms. The number of hydrogen-bond acceptors (Lipinski definition) is 6. The summed E-state index contributed by atoms with van der Waals surface area (Å²) in [5, 5.41) is 13.3. The number of nitrogens with one attached hydrogen (secondary N) is 1. The molecule has 2 aromatic rings. The molecular formula is C21H25N3O6. The van der Waals surface area contributed by atoms with Gasteiger partial charge in [-0.05, 0) is 42.3 Å². The minimum absolute atomic E-state index is 0.0891. The number of nitro benzene ring substituents is 1. The number of nitrogens with zero attached hydrogens (tertiary/aromatic N) is 2. The molecule has 2 aromatic carbocycles. The van der Waals surface area contributed by atoms with Gasteiger partial charge in [0, 0.05) is 44.3 Å². The summed E-state index contributed by atoms with van der Waals surface area (Å²) in [5.41, 5.74) is 2.10. The predicted molar refractivity (Wildman–Crippen MR) is 111 cm³/mol. The van der Waals surface area contributed by atoms with Crippen LogP contribution < -0.4 is 14.8 Å². The van der Waals surface area contributed by atoms with Crippen LogP contribution in [0.3, 0.4) is 0 Å². The number of carbonyl (C=O) groups is 2. The lowest BCUT2D eigenvalue weighted by Crippen LogP contribution is -2.32. The molecular weight excluding hydrogens is 390 g/mol. The topological polar surface area (TPSA) is 111 Å². The van der Waals surface area contributed by atoms with Crippen LogP contribution in [-0.2, 0) is 11.3 Å². The lowest BCUT2D eigenvalue weighted by molar-refractivity contribution is -0.384. The van der Waals surface area contributed by atoms with Gasteiger partial charge >= 0.3 is 0 Å². The van der Waals surface area contributed by atoms with Crippen molar-refractivity contribution in [2.24, 2.45) is 0 Å². The van der Waals surface area contributed by atoms with E-state index in [1.807, 2.05) is 19.1 Å². The van der Waals surface area contributed by atoms with Crippen molar-refractivity contribution in [1.82, 2.24) is 10.2 Å². The molecule has 0 aromatic heterocycles. The smallest absolute Gasteiger partial charge is 0.269 e. The van der Waals surface area contributed by atoms with E-state index in [0.717, 1.165) is 11.1 Å². The molecule has 0 unspecified atom stereocenters. The summed E-state index contributed by atoms with van der Waals surface area (Å²) in [6.45, 7) is 2.48. The molecule has 160 valence electrons. The SMILES string of the molecule is COc1cc(C)c(CN(C)C(=O)CCNC(=O)c2ccc([N+](=O)[O-])cc2)cc1OC. The highest BCUT2D eigenvalue weighted by Crippen LogP contribution is 2.30. The van der Waals surface area contributed by atoms with Crippen LogP contribution in [0.15, 0.2) is 36.4 Å². The largest absolute Gasteiger partial charge is 0.493 e. The van der Waals surface area contributed by atoms with Gasteiger partial charge in [-0.2, -0.15) is 0 Å². The molecule has 2 amide bonds. The van der Waals surface area contributed by atoms with Crippen molar-refractivity contribution in [1.29, 1.82) is 0 Å². The van der Waals surface area contributed by atoms with Gasteiger partial charge in [0.05, 0.1) is 19.1 Å². The lowest BCUT2D eigenvalue weighted by atomic mass is 10.1. The van der Waals surface area contributed by atoms with E-state index < -0.39 is 10.8 Å². The molecule has 0 saturated carbocycles. The first-order valence-electron chi connectivity index (χ1n) is 9.25. The lowest BCUT2D eigenvalue weighted by Gasteiger charge is -2.20. The number of methoxy groups -OCH3 is 2. The molecule has 0 aliphatic rings. The number of rotatable bonds is 9. The van der Waals surface area contributed by atoms with Crippen molar-refractivity contribution in [3.05, 3.63) is 63.2 Å². The maximum atomic E-state index is 12.4. The van der Waals surface area contributed by atoms with Gasteiger partial charge in [0.2, 0.25) is 5.91 Å². The van der Waals surface area contributed by atoms with Crippen LogP contribution in [0.5, 0.6) is 11.5 Å². The summed E-state index contributed by atoms with van der Waals surface area (Å²) in [4.78, 5) is 36.2. The minimum atomic E-state index is -0.531. The zero-order valence-electron chi connectivity index (χ0n) is 17.4. The Hall–Kier alpha value is -3.62. The molecule has 0 aliphatic heterocycles. The Morgan fingerprint density at radius 1 is 1.10 bits per heavy atom. The second kappa shape index (κ2) is 10.2. The fourth-order valence-corrected chi connectivity index (χ4v) is 2.85. The molecule has 0 atom stereocenters. The Bertz CT molecular complexity index is 927. The van der Waals surface area contributed by atoms with Crippen LogP contribution >= 0.6 is 0 Å². The van der Waals surface area contributed by atoms with Gasteiger partial charge in [-0.25, -0.2) is 0 Å². The number of non-ortho nitro benzene ring substituents is 1. The van der Waals surface area contributed by atoms with E-state index in [9.17, 15) is 19.7 Å². The van der Waals surface area contributed by atoms with Crippen LogP contribution in [0.4, 0.5) is 5.69 Å². The van der Waals surface area contributed by atoms with Gasteiger partial charge in [0.15, 0.2) is 11.5 Å². The van der Waals surface area contributed by atoms with E-state index in [-0.39, 0.29) is 24.6 Å². The minimum Gasteiger partial charge on any atom is -0.493 e. The summed E-state index contributed by atoms with van der Waals surface area (Å²) in [5.74, 6) is 0.695. The maximum Gasteiger partial charge on any atom is 0.269 e. The van der Waals surface area contributed by atoms with Crippen molar-refractivity contribution < 1.29 is 24.0 Å². The summed E-state index contributed by atoms with van der Waals surface area (Å²) < 4.78 is 10.6. The van der Waals surface area contributed by atoms with Crippen molar-refractivity contribution >= 4 is 17.5 Å². The molecule has 9 nitrogen and oxygen atoms in total. The van der Waals surface area contributed by atoms with E-state index in [1.54, 1.807) is 26.2 Å². The number of benzene rings is 2. The first kappa shape index (κ1) is 22.7. The van der Waals surface area contributed by atoms with Crippen molar-refractivity contribution in [2.45, 2.75) is 19.9 Å². The monoisotopic (exact) mass is 415 g/mol. The van der Waals surface area contributed by atoms with Gasteiger partial charge in [0.25, 0.3) is 11.6 Å². The third kappa shape index (κ3) is 5.69. The standard InChI is InChI=1S/C21H25N3O6/c1-14-11-18(29-3)19(30-4)12-16(14)13-23(2)20(25)9-10-22-21(26)15-5-7-17(8-6-15)24(27)28/h5-8,11-12H,9-10,13H2,1-4H3,(H,22,26). The van der Waals surface area contributed by atoms with E-state index >= 15 is 0 Å². The number of amides is 2. The summed E-state index contributed by atoms with van der Waals surface area (Å²) in [6.07, 6.45) is 0.127. The highest BCUT2D eigenvalue weighted by Gasteiger charge is 2.15. The Kier molecular flexibility index (Phi) is 7.74. The summed E-state index contributed by atoms with van der Waals surface area (Å²) >= 11 is 0. The normalized spacial score (nSPS) is 10.3. The van der Waals surface area contributed by atoms with E-state index in [4.69, 9.17) is 9.47 Å². The number of nitro groups is 1.